The Morgan fingerprint density at radius 2 is 2.00 bits per heavy atom. The van der Waals surface area contributed by atoms with Crippen LogP contribution < -0.4 is 10.9 Å². The Labute approximate surface area is 167 Å². The first kappa shape index (κ1) is 22.3. The predicted molar refractivity (Wildman–Crippen MR) is 102 cm³/mol. The number of hydrogen-bond acceptors (Lipinski definition) is 4. The quantitative estimate of drug-likeness (QED) is 0.257. The molecule has 0 saturated carbocycles. The van der Waals surface area contributed by atoms with Crippen molar-refractivity contribution in [2.75, 3.05) is 39.2 Å². The molecule has 0 amide bonds. The number of alkyl halides is 3. The van der Waals surface area contributed by atoms with Gasteiger partial charge in [0.25, 0.3) is 0 Å². The number of carbonyl (C=O) groups is 1. The maximum Gasteiger partial charge on any atom is 0.423 e. The number of nitrogens with zero attached hydrogens (tertiary/aromatic N) is 2. The van der Waals surface area contributed by atoms with Crippen molar-refractivity contribution >= 4 is 29.1 Å². The van der Waals surface area contributed by atoms with Crippen molar-refractivity contribution in [2.45, 2.75) is 32.0 Å². The third-order valence-corrected chi connectivity index (χ3v) is 5.00. The molecule has 2 rings (SSSR count). The Balaban J connectivity index is 2.24. The number of piperidine rings is 1. The molecule has 2 N–H and O–H groups in total. The summed E-state index contributed by atoms with van der Waals surface area (Å²) in [5.74, 6) is -0.482. The Hall–Kier alpha value is -2.00. The minimum absolute atomic E-state index is 0.00932. The van der Waals surface area contributed by atoms with Gasteiger partial charge in [-0.25, -0.2) is 10.2 Å². The number of benzene rings is 1. The van der Waals surface area contributed by atoms with Gasteiger partial charge in [-0.15, -0.1) is 0 Å². The van der Waals surface area contributed by atoms with Crippen LogP contribution in [-0.2, 0) is 15.7 Å². The van der Waals surface area contributed by atoms with E-state index < -0.39 is 17.7 Å². The summed E-state index contributed by atoms with van der Waals surface area (Å²) in [5, 5.41) is 0.0886. The largest absolute Gasteiger partial charge is 0.457 e. The average Bonchev–Trinajstić information content (AvgIpc) is 2.63. The van der Waals surface area contributed by atoms with Crippen LogP contribution in [0.15, 0.2) is 18.2 Å². The van der Waals surface area contributed by atoms with Crippen molar-refractivity contribution in [1.29, 1.82) is 0 Å². The van der Waals surface area contributed by atoms with Crippen LogP contribution in [0.3, 0.4) is 0 Å². The van der Waals surface area contributed by atoms with Gasteiger partial charge in [-0.1, -0.05) is 11.6 Å². The monoisotopic (exact) mass is 421 g/mol. The molecule has 0 atom stereocenters. The van der Waals surface area contributed by atoms with Crippen LogP contribution in [0.5, 0.6) is 0 Å². The molecule has 0 bridgehead atoms. The number of esters is 1. The minimum Gasteiger partial charge on any atom is -0.457 e. The average molecular weight is 422 g/mol. The van der Waals surface area contributed by atoms with Crippen LogP contribution in [0.25, 0.3) is 0 Å². The molecule has 28 heavy (non-hydrogen) atoms. The first-order valence-corrected chi connectivity index (χ1v) is 9.35. The lowest BCUT2D eigenvalue weighted by Crippen LogP contribution is -2.48. The molecule has 1 heterocycles. The number of likely N-dealkylation sites (tertiary alicyclic amines) is 1. The fourth-order valence-corrected chi connectivity index (χ4v) is 3.14. The summed E-state index contributed by atoms with van der Waals surface area (Å²) in [4.78, 5) is 14.6. The topological polar surface area (TPSA) is 56.6 Å². The van der Waals surface area contributed by atoms with Gasteiger partial charge in [0.15, 0.2) is 0 Å². The van der Waals surface area contributed by atoms with Crippen LogP contribution in [0, 0.1) is 0 Å². The van der Waals surface area contributed by atoms with Gasteiger partial charge >= 0.3 is 18.0 Å². The number of nitrogens with one attached hydrogen (secondary N) is 2. The summed E-state index contributed by atoms with van der Waals surface area (Å²) in [6.45, 7) is 3.63. The zero-order valence-electron chi connectivity index (χ0n) is 16.1. The maximum atomic E-state index is 12.9. The van der Waals surface area contributed by atoms with Gasteiger partial charge in [-0.3, -0.25) is 4.58 Å². The standard InChI is InChI=1S/C18H24ClF3N4O2/c1-4-28-17(27)16(26(3)13-7-9-25(2)10-8-13)24-23-15-11-12(18(20,21)22)5-6-14(15)19/h5-6,11,13H,4,7-10H2,1-3H3,(H,23,27)/p+1. The molecule has 1 aliphatic rings. The lowest BCUT2D eigenvalue weighted by Gasteiger charge is -2.28. The van der Waals surface area contributed by atoms with Crippen molar-refractivity contribution in [1.82, 2.24) is 10.3 Å². The molecule has 0 spiro atoms. The van der Waals surface area contributed by atoms with Crippen molar-refractivity contribution in [3.63, 3.8) is 0 Å². The molecule has 1 aromatic rings. The second-order valence-electron chi connectivity index (χ2n) is 6.66. The smallest absolute Gasteiger partial charge is 0.423 e. The number of carbonyl (C=O) groups excluding carboxylic acids is 1. The van der Waals surface area contributed by atoms with Crippen LogP contribution in [0.2, 0.25) is 5.02 Å². The van der Waals surface area contributed by atoms with E-state index in [9.17, 15) is 18.0 Å². The summed E-state index contributed by atoms with van der Waals surface area (Å²) in [6.07, 6.45) is -2.80. The van der Waals surface area contributed by atoms with Crippen molar-refractivity contribution < 1.29 is 27.3 Å². The number of amidine groups is 1. The summed E-state index contributed by atoms with van der Waals surface area (Å²) in [6, 6.07) is 3.03. The molecule has 156 valence electrons. The summed E-state index contributed by atoms with van der Waals surface area (Å²) < 4.78 is 45.7. The van der Waals surface area contributed by atoms with Crippen LogP contribution in [0.4, 0.5) is 18.9 Å². The molecule has 1 aliphatic heterocycles. The molecule has 6 nitrogen and oxygen atoms in total. The number of hydrazine groups is 1. The number of hydrogen-bond donors (Lipinski definition) is 2. The van der Waals surface area contributed by atoms with Gasteiger partial charge in [0.1, 0.15) is 0 Å². The second-order valence-corrected chi connectivity index (χ2v) is 7.06. The van der Waals surface area contributed by atoms with E-state index in [1.165, 1.54) is 0 Å². The summed E-state index contributed by atoms with van der Waals surface area (Å²) in [5.41, 5.74) is 4.49. The van der Waals surface area contributed by atoms with Gasteiger partial charge in [0.05, 0.1) is 36.0 Å². The fraction of sp³-hybridized carbons (Fsp3) is 0.556. The number of anilines is 1. The molecule has 1 saturated heterocycles. The summed E-state index contributed by atoms with van der Waals surface area (Å²) >= 11 is 6.00. The van der Waals surface area contributed by atoms with E-state index in [1.54, 1.807) is 18.5 Å². The highest BCUT2D eigenvalue weighted by atomic mass is 35.5. The van der Waals surface area contributed by atoms with Gasteiger partial charge in [-0.05, 0) is 32.2 Å². The molecule has 0 aliphatic carbocycles. The molecular weight excluding hydrogens is 397 g/mol. The van der Waals surface area contributed by atoms with Crippen LogP contribution >= 0.6 is 11.6 Å². The predicted octanol–water partition coefficient (Wildman–Crippen LogP) is 2.97. The van der Waals surface area contributed by atoms with Gasteiger partial charge in [0, 0.05) is 25.9 Å². The third kappa shape index (κ3) is 5.75. The zero-order valence-corrected chi connectivity index (χ0v) is 16.8. The minimum atomic E-state index is -4.50. The van der Waals surface area contributed by atoms with Crippen molar-refractivity contribution in [3.8, 4) is 0 Å². The van der Waals surface area contributed by atoms with Gasteiger partial charge in [-0.2, -0.15) is 18.6 Å². The fourth-order valence-electron chi connectivity index (χ4n) is 2.97. The van der Waals surface area contributed by atoms with E-state index in [4.69, 9.17) is 16.3 Å². The van der Waals surface area contributed by atoms with E-state index in [1.807, 2.05) is 7.05 Å². The molecular formula is C18H25ClF3N4O2+. The first-order chi connectivity index (χ1) is 13.1. The molecule has 1 fully saturated rings. The second kappa shape index (κ2) is 9.47. The molecule has 0 aromatic heterocycles. The molecule has 10 heteroatoms. The van der Waals surface area contributed by atoms with E-state index in [0.29, 0.717) is 0 Å². The normalized spacial score (nSPS) is 17.1. The third-order valence-electron chi connectivity index (χ3n) is 4.67. The molecule has 0 radical (unpaired) electrons. The summed E-state index contributed by atoms with van der Waals surface area (Å²) in [7, 11) is 3.78. The highest BCUT2D eigenvalue weighted by molar-refractivity contribution is 6.34. The maximum absolute atomic E-state index is 12.9. The Bertz CT molecular complexity index is 732. The van der Waals surface area contributed by atoms with Crippen LogP contribution in [-0.4, -0.2) is 61.1 Å². The highest BCUT2D eigenvalue weighted by Gasteiger charge is 2.32. The van der Waals surface area contributed by atoms with Gasteiger partial charge in [0.2, 0.25) is 0 Å². The highest BCUT2D eigenvalue weighted by Crippen LogP contribution is 2.33. The Morgan fingerprint density at radius 1 is 1.36 bits per heavy atom. The Morgan fingerprint density at radius 3 is 2.57 bits per heavy atom. The number of ether oxygens (including phenoxy) is 1. The van der Waals surface area contributed by atoms with Gasteiger partial charge < -0.3 is 9.64 Å². The number of halogens is 4. The van der Waals surface area contributed by atoms with Crippen molar-refractivity contribution in [3.05, 3.63) is 28.8 Å². The molecule has 0 unspecified atom stereocenters. The van der Waals surface area contributed by atoms with E-state index in [2.05, 4.69) is 15.8 Å². The molecule has 1 aromatic carbocycles. The van der Waals surface area contributed by atoms with E-state index in [0.717, 1.165) is 44.1 Å². The van der Waals surface area contributed by atoms with E-state index >= 15 is 0 Å². The lowest BCUT2D eigenvalue weighted by molar-refractivity contribution is -0.543. The first-order valence-electron chi connectivity index (χ1n) is 8.97. The lowest BCUT2D eigenvalue weighted by atomic mass is 10.1. The Kier molecular flexibility index (Phi) is 7.54. The zero-order chi connectivity index (χ0) is 20.9. The number of rotatable bonds is 4. The van der Waals surface area contributed by atoms with E-state index in [-0.39, 0.29) is 29.2 Å². The SMILES string of the molecule is CCOC(=O)C(NNc1cc(C(F)(F)F)ccc1Cl)=[N+](C)C1CCN(C)CC1. The van der Waals surface area contributed by atoms with Crippen molar-refractivity contribution in [2.24, 2.45) is 0 Å². The van der Waals surface area contributed by atoms with Crippen LogP contribution in [0.1, 0.15) is 25.3 Å².